The number of ketones is 1. The third-order valence-electron chi connectivity index (χ3n) is 1.49. The molecule has 1 aromatic heterocycles. The molecule has 11 heavy (non-hydrogen) atoms. The molecule has 0 saturated carbocycles. The Morgan fingerprint density at radius 2 is 2.55 bits per heavy atom. The van der Waals surface area contributed by atoms with Crippen molar-refractivity contribution in [1.82, 2.24) is 9.55 Å². The van der Waals surface area contributed by atoms with Crippen LogP contribution in [0.4, 0.5) is 0 Å². The molecule has 0 aliphatic rings. The molecule has 1 aromatic rings. The highest BCUT2D eigenvalue weighted by atomic mass is 16.1. The van der Waals surface area contributed by atoms with E-state index in [-0.39, 0.29) is 12.2 Å². The number of hydrogen-bond donors (Lipinski definition) is 0. The van der Waals surface area contributed by atoms with Gasteiger partial charge in [0.05, 0.1) is 0 Å². The maximum Gasteiger partial charge on any atom is 0.198 e. The molecule has 0 N–H and O–H groups in total. The van der Waals surface area contributed by atoms with Gasteiger partial charge in [0, 0.05) is 25.4 Å². The van der Waals surface area contributed by atoms with Crippen LogP contribution in [0.25, 0.3) is 0 Å². The van der Waals surface area contributed by atoms with Crippen molar-refractivity contribution < 1.29 is 4.79 Å². The van der Waals surface area contributed by atoms with Crippen LogP contribution in [0.1, 0.15) is 24.0 Å². The third-order valence-corrected chi connectivity index (χ3v) is 1.49. The van der Waals surface area contributed by atoms with Crippen LogP contribution in [-0.4, -0.2) is 15.3 Å². The molecule has 0 fully saturated rings. The Hall–Kier alpha value is -1.12. The second-order valence-electron chi connectivity index (χ2n) is 2.16. The lowest BCUT2D eigenvalue weighted by molar-refractivity contribution is 0.0981. The Labute approximate surface area is 66.1 Å². The van der Waals surface area contributed by atoms with Crippen molar-refractivity contribution in [2.45, 2.75) is 19.9 Å². The molecule has 0 amide bonds. The van der Waals surface area contributed by atoms with Crippen LogP contribution in [0.3, 0.4) is 0 Å². The normalized spacial score (nSPS) is 10.0. The fourth-order valence-corrected chi connectivity index (χ4v) is 0.908. The van der Waals surface area contributed by atoms with Crippen LogP contribution in [0.5, 0.6) is 0 Å². The molecule has 0 atom stereocenters. The first-order chi connectivity index (χ1) is 5.29. The van der Waals surface area contributed by atoms with Gasteiger partial charge < -0.3 is 4.57 Å². The van der Waals surface area contributed by atoms with Crippen LogP contribution in [0, 0.1) is 6.92 Å². The first-order valence-corrected chi connectivity index (χ1v) is 3.54. The SMILES string of the molecule is [CH]CC(=O)c1nccn1CC. The molecule has 0 aliphatic carbocycles. The summed E-state index contributed by atoms with van der Waals surface area (Å²) in [5, 5.41) is 0. The molecule has 0 unspecified atom stereocenters. The number of hydrogen-bond acceptors (Lipinski definition) is 2. The van der Waals surface area contributed by atoms with Gasteiger partial charge in [-0.1, -0.05) is 0 Å². The summed E-state index contributed by atoms with van der Waals surface area (Å²) >= 11 is 0. The predicted octanol–water partition coefficient (Wildman–Crippen LogP) is 1.19. The number of carbonyl (C=O) groups excluding carboxylic acids is 1. The van der Waals surface area contributed by atoms with Gasteiger partial charge in [-0.05, 0) is 13.8 Å². The molecule has 1 heterocycles. The summed E-state index contributed by atoms with van der Waals surface area (Å²) in [7, 11) is 0. The molecule has 3 nitrogen and oxygen atoms in total. The highest BCUT2D eigenvalue weighted by molar-refractivity contribution is 5.93. The minimum Gasteiger partial charge on any atom is -0.329 e. The van der Waals surface area contributed by atoms with Crippen LogP contribution in [0.15, 0.2) is 12.4 Å². The van der Waals surface area contributed by atoms with Gasteiger partial charge in [-0.2, -0.15) is 0 Å². The van der Waals surface area contributed by atoms with E-state index in [0.717, 1.165) is 6.54 Å². The van der Waals surface area contributed by atoms with Crippen molar-refractivity contribution in [1.29, 1.82) is 0 Å². The van der Waals surface area contributed by atoms with E-state index in [1.807, 2.05) is 6.92 Å². The number of Topliss-reactive ketones (excluding diaryl/α,β-unsaturated/α-hetero) is 1. The number of aromatic nitrogens is 2. The lowest BCUT2D eigenvalue weighted by Crippen LogP contribution is -2.07. The average Bonchev–Trinajstić information content (AvgIpc) is 2.50. The van der Waals surface area contributed by atoms with Crippen molar-refractivity contribution in [3.63, 3.8) is 0 Å². The molecular formula is C8H10N2O. The molecule has 58 valence electrons. The molecular weight excluding hydrogens is 140 g/mol. The first kappa shape index (κ1) is 7.98. The van der Waals surface area contributed by atoms with Gasteiger partial charge in [-0.15, -0.1) is 0 Å². The van der Waals surface area contributed by atoms with Crippen molar-refractivity contribution >= 4 is 5.78 Å². The van der Waals surface area contributed by atoms with E-state index < -0.39 is 0 Å². The first-order valence-electron chi connectivity index (χ1n) is 3.54. The molecule has 0 aliphatic heterocycles. The van der Waals surface area contributed by atoms with Gasteiger partial charge in [0.2, 0.25) is 0 Å². The monoisotopic (exact) mass is 150 g/mol. The quantitative estimate of drug-likeness (QED) is 0.606. The summed E-state index contributed by atoms with van der Waals surface area (Å²) in [6.45, 7) is 7.89. The Morgan fingerprint density at radius 3 is 3.09 bits per heavy atom. The summed E-state index contributed by atoms with van der Waals surface area (Å²) < 4.78 is 1.77. The molecule has 1 rings (SSSR count). The molecule has 2 radical (unpaired) electrons. The number of rotatable bonds is 3. The van der Waals surface area contributed by atoms with Crippen molar-refractivity contribution in [3.8, 4) is 0 Å². The van der Waals surface area contributed by atoms with E-state index in [9.17, 15) is 4.79 Å². The molecule has 0 saturated heterocycles. The van der Waals surface area contributed by atoms with Gasteiger partial charge >= 0.3 is 0 Å². The van der Waals surface area contributed by atoms with E-state index >= 15 is 0 Å². The van der Waals surface area contributed by atoms with E-state index in [2.05, 4.69) is 4.98 Å². The topological polar surface area (TPSA) is 34.9 Å². The summed E-state index contributed by atoms with van der Waals surface area (Å²) in [5.74, 6) is 0.340. The minimum absolute atomic E-state index is 0.0248. The Bertz CT molecular complexity index is 252. The van der Waals surface area contributed by atoms with Crippen molar-refractivity contribution in [2.24, 2.45) is 0 Å². The largest absolute Gasteiger partial charge is 0.329 e. The molecule has 0 aromatic carbocycles. The second-order valence-corrected chi connectivity index (χ2v) is 2.16. The number of imidazole rings is 1. The van der Waals surface area contributed by atoms with Crippen molar-refractivity contribution in [3.05, 3.63) is 25.1 Å². The molecule has 0 bridgehead atoms. The van der Waals surface area contributed by atoms with E-state index in [0.29, 0.717) is 5.82 Å². The average molecular weight is 150 g/mol. The molecule has 0 spiro atoms. The number of carbonyl (C=O) groups is 1. The van der Waals surface area contributed by atoms with E-state index in [1.54, 1.807) is 17.0 Å². The maximum atomic E-state index is 11.0. The lowest BCUT2D eigenvalue weighted by atomic mass is 10.3. The molecule has 3 heteroatoms. The zero-order valence-electron chi connectivity index (χ0n) is 6.45. The standard InChI is InChI=1S/C8H10N2O/c1-3-7(11)8-9-5-6-10(8)4-2/h1,5-6H,3-4H2,2H3. The highest BCUT2D eigenvalue weighted by Crippen LogP contribution is 2.00. The zero-order chi connectivity index (χ0) is 8.27. The Balaban J connectivity index is 2.92. The lowest BCUT2D eigenvalue weighted by Gasteiger charge is -2.00. The summed E-state index contributed by atoms with van der Waals surface area (Å²) in [4.78, 5) is 14.9. The van der Waals surface area contributed by atoms with E-state index in [1.165, 1.54) is 0 Å². The van der Waals surface area contributed by atoms with Gasteiger partial charge in [-0.25, -0.2) is 4.98 Å². The summed E-state index contributed by atoms with van der Waals surface area (Å²) in [6.07, 6.45) is 3.40. The number of nitrogens with zero attached hydrogens (tertiary/aromatic N) is 2. The Morgan fingerprint density at radius 1 is 1.82 bits per heavy atom. The smallest absolute Gasteiger partial charge is 0.198 e. The summed E-state index contributed by atoms with van der Waals surface area (Å²) in [5.41, 5.74) is 0. The second kappa shape index (κ2) is 3.32. The van der Waals surface area contributed by atoms with Gasteiger partial charge in [0.1, 0.15) is 0 Å². The van der Waals surface area contributed by atoms with Gasteiger partial charge in [0.25, 0.3) is 0 Å². The highest BCUT2D eigenvalue weighted by Gasteiger charge is 2.08. The van der Waals surface area contributed by atoms with Crippen LogP contribution >= 0.6 is 0 Å². The third kappa shape index (κ3) is 1.48. The number of aryl methyl sites for hydroxylation is 1. The zero-order valence-corrected chi connectivity index (χ0v) is 6.45. The van der Waals surface area contributed by atoms with Crippen LogP contribution in [0.2, 0.25) is 0 Å². The fourth-order valence-electron chi connectivity index (χ4n) is 0.908. The van der Waals surface area contributed by atoms with Crippen LogP contribution < -0.4 is 0 Å². The van der Waals surface area contributed by atoms with E-state index in [4.69, 9.17) is 6.92 Å². The minimum atomic E-state index is -0.114. The maximum absolute atomic E-state index is 11.0. The van der Waals surface area contributed by atoms with Gasteiger partial charge in [-0.3, -0.25) is 4.79 Å². The summed E-state index contributed by atoms with van der Waals surface area (Å²) in [6, 6.07) is 0. The Kier molecular flexibility index (Phi) is 2.41. The van der Waals surface area contributed by atoms with Crippen LogP contribution in [-0.2, 0) is 6.54 Å². The predicted molar refractivity (Wildman–Crippen MR) is 41.1 cm³/mol. The van der Waals surface area contributed by atoms with Gasteiger partial charge in [0.15, 0.2) is 11.6 Å². The van der Waals surface area contributed by atoms with Crippen molar-refractivity contribution in [2.75, 3.05) is 0 Å². The fraction of sp³-hybridized carbons (Fsp3) is 0.375.